The van der Waals surface area contributed by atoms with Gasteiger partial charge in [0.25, 0.3) is 0 Å². The zero-order valence-corrected chi connectivity index (χ0v) is 14.6. The lowest BCUT2D eigenvalue weighted by Crippen LogP contribution is -2.16. The van der Waals surface area contributed by atoms with Gasteiger partial charge in [-0.3, -0.25) is 4.79 Å². The largest absolute Gasteiger partial charge is 0.496 e. The fraction of sp³-hybridized carbons (Fsp3) is 0.158. The standard InChI is InChI=1S/C19H18N2O5/c1-23-13-9-16(24-2)14(17(10-13)25-3)11-20-21-19(22)18-8-12-6-4-5-7-15(12)26-18/h4-11H,1-3H3,(H,21,22)/b20-11-. The first-order valence-corrected chi connectivity index (χ1v) is 7.78. The van der Waals surface area contributed by atoms with Crippen LogP contribution in [0.1, 0.15) is 16.1 Å². The predicted molar refractivity (Wildman–Crippen MR) is 97.4 cm³/mol. The Kier molecular flexibility index (Phi) is 5.07. The van der Waals surface area contributed by atoms with Crippen LogP contribution in [0.2, 0.25) is 0 Å². The highest BCUT2D eigenvalue weighted by Gasteiger charge is 2.13. The molecule has 7 nitrogen and oxygen atoms in total. The number of carbonyl (C=O) groups excluding carboxylic acids is 1. The van der Waals surface area contributed by atoms with Crippen LogP contribution in [-0.4, -0.2) is 33.5 Å². The van der Waals surface area contributed by atoms with E-state index in [9.17, 15) is 4.79 Å². The molecule has 134 valence electrons. The smallest absolute Gasteiger partial charge is 0.307 e. The third kappa shape index (κ3) is 3.46. The number of para-hydroxylation sites is 1. The number of fused-ring (bicyclic) bond motifs is 1. The molecule has 0 saturated carbocycles. The molecule has 2 aromatic carbocycles. The van der Waals surface area contributed by atoms with Crippen molar-refractivity contribution in [1.29, 1.82) is 0 Å². The second kappa shape index (κ2) is 7.60. The number of hydrazone groups is 1. The second-order valence-corrected chi connectivity index (χ2v) is 5.29. The summed E-state index contributed by atoms with van der Waals surface area (Å²) >= 11 is 0. The molecule has 0 unspecified atom stereocenters. The van der Waals surface area contributed by atoms with Crippen molar-refractivity contribution in [2.45, 2.75) is 0 Å². The summed E-state index contributed by atoms with van der Waals surface area (Å²) in [5, 5.41) is 4.82. The van der Waals surface area contributed by atoms with E-state index in [0.29, 0.717) is 28.4 Å². The Morgan fingerprint density at radius 2 is 1.73 bits per heavy atom. The first-order chi connectivity index (χ1) is 12.7. The van der Waals surface area contributed by atoms with Gasteiger partial charge in [-0.1, -0.05) is 18.2 Å². The molecule has 7 heteroatoms. The lowest BCUT2D eigenvalue weighted by Gasteiger charge is -2.12. The van der Waals surface area contributed by atoms with Gasteiger partial charge in [0.05, 0.1) is 33.1 Å². The fourth-order valence-corrected chi connectivity index (χ4v) is 2.46. The Balaban J connectivity index is 1.80. The average Bonchev–Trinajstić information content (AvgIpc) is 3.12. The Labute approximate surface area is 150 Å². The highest BCUT2D eigenvalue weighted by atomic mass is 16.5. The van der Waals surface area contributed by atoms with Gasteiger partial charge in [-0.2, -0.15) is 5.10 Å². The van der Waals surface area contributed by atoms with E-state index in [2.05, 4.69) is 10.5 Å². The predicted octanol–water partition coefficient (Wildman–Crippen LogP) is 3.22. The van der Waals surface area contributed by atoms with Crippen molar-refractivity contribution in [2.75, 3.05) is 21.3 Å². The molecular formula is C19H18N2O5. The third-order valence-electron chi connectivity index (χ3n) is 3.76. The first-order valence-electron chi connectivity index (χ1n) is 7.78. The Bertz CT molecular complexity index is 903. The zero-order valence-electron chi connectivity index (χ0n) is 14.6. The number of amides is 1. The van der Waals surface area contributed by atoms with Gasteiger partial charge in [-0.25, -0.2) is 5.43 Å². The van der Waals surface area contributed by atoms with E-state index < -0.39 is 5.91 Å². The summed E-state index contributed by atoms with van der Waals surface area (Å²) in [7, 11) is 4.60. The van der Waals surface area contributed by atoms with E-state index >= 15 is 0 Å². The van der Waals surface area contributed by atoms with Gasteiger partial charge in [0.1, 0.15) is 22.8 Å². The van der Waals surface area contributed by atoms with Crippen molar-refractivity contribution in [2.24, 2.45) is 5.10 Å². The molecule has 3 rings (SSSR count). The minimum Gasteiger partial charge on any atom is -0.496 e. The Hall–Kier alpha value is -3.48. The van der Waals surface area contributed by atoms with E-state index in [4.69, 9.17) is 18.6 Å². The molecule has 0 saturated heterocycles. The zero-order chi connectivity index (χ0) is 18.5. The summed E-state index contributed by atoms with van der Waals surface area (Å²) in [6.45, 7) is 0. The highest BCUT2D eigenvalue weighted by molar-refractivity contribution is 5.97. The Morgan fingerprint density at radius 1 is 1.04 bits per heavy atom. The van der Waals surface area contributed by atoms with Crippen molar-refractivity contribution < 1.29 is 23.4 Å². The number of hydrogen-bond acceptors (Lipinski definition) is 6. The molecule has 0 aliphatic heterocycles. The van der Waals surface area contributed by atoms with E-state index in [-0.39, 0.29) is 5.76 Å². The molecule has 3 aromatic rings. The van der Waals surface area contributed by atoms with Crippen LogP contribution >= 0.6 is 0 Å². The van der Waals surface area contributed by atoms with Crippen molar-refractivity contribution in [3.63, 3.8) is 0 Å². The van der Waals surface area contributed by atoms with Crippen molar-refractivity contribution >= 4 is 23.1 Å². The lowest BCUT2D eigenvalue weighted by atomic mass is 10.2. The second-order valence-electron chi connectivity index (χ2n) is 5.29. The number of rotatable bonds is 6. The van der Waals surface area contributed by atoms with Crippen molar-refractivity contribution in [1.82, 2.24) is 5.43 Å². The molecule has 0 aliphatic carbocycles. The molecule has 0 spiro atoms. The number of hydrogen-bond donors (Lipinski definition) is 1. The van der Waals surface area contributed by atoms with E-state index in [1.54, 1.807) is 31.4 Å². The van der Waals surface area contributed by atoms with Gasteiger partial charge in [0.15, 0.2) is 5.76 Å². The number of carbonyl (C=O) groups is 1. The first kappa shape index (κ1) is 17.3. The minimum absolute atomic E-state index is 0.178. The summed E-state index contributed by atoms with van der Waals surface area (Å²) in [6.07, 6.45) is 1.44. The summed E-state index contributed by atoms with van der Waals surface area (Å²) in [6, 6.07) is 12.4. The summed E-state index contributed by atoms with van der Waals surface area (Å²) in [4.78, 5) is 12.2. The number of benzene rings is 2. The molecule has 0 bridgehead atoms. The summed E-state index contributed by atoms with van der Waals surface area (Å²) in [5.74, 6) is 1.31. The van der Waals surface area contributed by atoms with Gasteiger partial charge in [-0.15, -0.1) is 0 Å². The van der Waals surface area contributed by atoms with Crippen LogP contribution < -0.4 is 19.6 Å². The van der Waals surface area contributed by atoms with Crippen LogP contribution in [0.3, 0.4) is 0 Å². The van der Waals surface area contributed by atoms with Crippen LogP contribution in [0.4, 0.5) is 0 Å². The maximum absolute atomic E-state index is 12.2. The van der Waals surface area contributed by atoms with Gasteiger partial charge in [0, 0.05) is 17.5 Å². The molecule has 0 aliphatic rings. The maximum Gasteiger partial charge on any atom is 0.307 e. The average molecular weight is 354 g/mol. The molecule has 1 heterocycles. The number of ether oxygens (including phenoxy) is 3. The molecular weight excluding hydrogens is 336 g/mol. The number of furan rings is 1. The van der Waals surface area contributed by atoms with Gasteiger partial charge >= 0.3 is 5.91 Å². The molecule has 1 amide bonds. The molecule has 0 fully saturated rings. The third-order valence-corrected chi connectivity index (χ3v) is 3.76. The van der Waals surface area contributed by atoms with Crippen LogP contribution in [0, 0.1) is 0 Å². The van der Waals surface area contributed by atoms with Gasteiger partial charge < -0.3 is 18.6 Å². The summed E-state index contributed by atoms with van der Waals surface area (Å²) in [5.41, 5.74) is 3.64. The molecule has 1 aromatic heterocycles. The lowest BCUT2D eigenvalue weighted by molar-refractivity contribution is 0.0929. The number of nitrogens with one attached hydrogen (secondary N) is 1. The monoisotopic (exact) mass is 354 g/mol. The van der Waals surface area contributed by atoms with E-state index in [0.717, 1.165) is 5.39 Å². The topological polar surface area (TPSA) is 82.3 Å². The van der Waals surface area contributed by atoms with Gasteiger partial charge in [-0.05, 0) is 12.1 Å². The number of methoxy groups -OCH3 is 3. The Morgan fingerprint density at radius 3 is 2.35 bits per heavy atom. The molecule has 0 radical (unpaired) electrons. The molecule has 0 atom stereocenters. The van der Waals surface area contributed by atoms with Crippen LogP contribution in [-0.2, 0) is 0 Å². The van der Waals surface area contributed by atoms with E-state index in [1.165, 1.54) is 20.4 Å². The fourth-order valence-electron chi connectivity index (χ4n) is 2.46. The van der Waals surface area contributed by atoms with Crippen LogP contribution in [0.5, 0.6) is 17.2 Å². The number of nitrogens with zero attached hydrogens (tertiary/aromatic N) is 1. The van der Waals surface area contributed by atoms with Crippen LogP contribution in [0.15, 0.2) is 52.0 Å². The highest BCUT2D eigenvalue weighted by Crippen LogP contribution is 2.32. The van der Waals surface area contributed by atoms with Crippen molar-refractivity contribution in [3.8, 4) is 17.2 Å². The SMILES string of the molecule is COc1cc(OC)c(/C=N\NC(=O)c2cc3ccccc3o2)c(OC)c1. The van der Waals surface area contributed by atoms with Gasteiger partial charge in [0.2, 0.25) is 0 Å². The quantitative estimate of drug-likeness (QED) is 0.543. The minimum atomic E-state index is -0.455. The van der Waals surface area contributed by atoms with Crippen molar-refractivity contribution in [3.05, 3.63) is 53.8 Å². The molecule has 26 heavy (non-hydrogen) atoms. The normalized spacial score (nSPS) is 10.9. The molecule has 1 N–H and O–H groups in total. The maximum atomic E-state index is 12.2. The van der Waals surface area contributed by atoms with Crippen LogP contribution in [0.25, 0.3) is 11.0 Å². The van der Waals surface area contributed by atoms with E-state index in [1.807, 2.05) is 18.2 Å². The summed E-state index contributed by atoms with van der Waals surface area (Å²) < 4.78 is 21.4.